The van der Waals surface area contributed by atoms with Gasteiger partial charge in [0.15, 0.2) is 0 Å². The molecule has 1 N–H and O–H groups in total. The molecule has 0 saturated heterocycles. The number of amides is 2. The van der Waals surface area contributed by atoms with Crippen molar-refractivity contribution in [2.75, 3.05) is 17.1 Å². The van der Waals surface area contributed by atoms with Crippen LogP contribution in [0.1, 0.15) is 31.4 Å². The van der Waals surface area contributed by atoms with Crippen LogP contribution in [-0.2, 0) is 32.6 Å². The van der Waals surface area contributed by atoms with Crippen LogP contribution in [0.4, 0.5) is 5.69 Å². The van der Waals surface area contributed by atoms with Crippen molar-refractivity contribution in [2.24, 2.45) is 0 Å². The lowest BCUT2D eigenvalue weighted by Gasteiger charge is -2.34. The lowest BCUT2D eigenvalue weighted by atomic mass is 10.0. The zero-order chi connectivity index (χ0) is 29.4. The number of halogens is 3. The monoisotopic (exact) mass is 623 g/mol. The molecular weight excluding hydrogens is 593 g/mol. The molecule has 0 fully saturated rings. The smallest absolute Gasteiger partial charge is 0.244 e. The van der Waals surface area contributed by atoms with Gasteiger partial charge in [0.1, 0.15) is 12.6 Å². The Kier molecular flexibility index (Phi) is 11.3. The zero-order valence-corrected chi connectivity index (χ0v) is 25.6. The van der Waals surface area contributed by atoms with E-state index in [4.69, 9.17) is 34.8 Å². The first-order chi connectivity index (χ1) is 18.9. The van der Waals surface area contributed by atoms with Crippen LogP contribution in [0.5, 0.6) is 0 Å². The molecule has 0 aromatic heterocycles. The molecule has 0 aliphatic rings. The quantitative estimate of drug-likeness (QED) is 0.252. The fraction of sp³-hybridized carbons (Fsp3) is 0.310. The highest BCUT2D eigenvalue weighted by Crippen LogP contribution is 2.35. The number of benzene rings is 3. The van der Waals surface area contributed by atoms with Crippen molar-refractivity contribution < 1.29 is 18.0 Å². The van der Waals surface area contributed by atoms with Gasteiger partial charge in [0.2, 0.25) is 21.8 Å². The predicted molar refractivity (Wildman–Crippen MR) is 162 cm³/mol. The molecule has 3 rings (SSSR count). The summed E-state index contributed by atoms with van der Waals surface area (Å²) >= 11 is 18.6. The maximum atomic E-state index is 14.1. The summed E-state index contributed by atoms with van der Waals surface area (Å²) in [5, 5.41) is 3.23. The highest BCUT2D eigenvalue weighted by atomic mass is 35.5. The third-order valence-electron chi connectivity index (χ3n) is 6.41. The number of carbonyl (C=O) groups excluding carboxylic acids is 2. The maximum Gasteiger partial charge on any atom is 0.244 e. The van der Waals surface area contributed by atoms with E-state index in [0.717, 1.165) is 21.7 Å². The summed E-state index contributed by atoms with van der Waals surface area (Å²) in [6.45, 7) is 3.32. The first kappa shape index (κ1) is 31.7. The van der Waals surface area contributed by atoms with Crippen LogP contribution >= 0.6 is 34.8 Å². The molecule has 7 nitrogen and oxygen atoms in total. The SMILES string of the molecule is CC[C@H](C)NC(=O)[C@@H](Cc1ccccc1)N(Cc1ccccc1)C(=O)CN(c1cc(Cl)c(Cl)cc1Cl)S(C)(=O)=O. The maximum absolute atomic E-state index is 14.1. The minimum absolute atomic E-state index is 0.00949. The summed E-state index contributed by atoms with van der Waals surface area (Å²) in [5.41, 5.74) is 1.64. The summed E-state index contributed by atoms with van der Waals surface area (Å²) in [6, 6.07) is 20.1. The lowest BCUT2D eigenvalue weighted by Crippen LogP contribution is -2.54. The van der Waals surface area contributed by atoms with Gasteiger partial charge in [-0.2, -0.15) is 0 Å². The normalized spacial score (nSPS) is 12.8. The Labute approximate surface area is 251 Å². The third kappa shape index (κ3) is 8.61. The van der Waals surface area contributed by atoms with Crippen LogP contribution in [0.15, 0.2) is 72.8 Å². The van der Waals surface area contributed by atoms with Gasteiger partial charge in [0.25, 0.3) is 0 Å². The first-order valence-corrected chi connectivity index (χ1v) is 15.7. The average Bonchev–Trinajstić information content (AvgIpc) is 2.91. The van der Waals surface area contributed by atoms with Gasteiger partial charge in [-0.15, -0.1) is 0 Å². The number of nitrogens with zero attached hydrogens (tertiary/aromatic N) is 2. The Hall–Kier alpha value is -2.78. The van der Waals surface area contributed by atoms with Gasteiger partial charge in [0, 0.05) is 19.0 Å². The standard InChI is InChI=1S/C29H32Cl3N3O4S/c1-4-20(2)33-29(37)27(15-21-11-7-5-8-12-21)34(18-22-13-9-6-10-14-22)28(36)19-35(40(3,38)39)26-17-24(31)23(30)16-25(26)32/h5-14,16-17,20,27H,4,15,18-19H2,1-3H3,(H,33,37)/t20-,27+/m0/s1. The van der Waals surface area contributed by atoms with Crippen molar-refractivity contribution in [3.63, 3.8) is 0 Å². The van der Waals surface area contributed by atoms with E-state index < -0.39 is 28.5 Å². The van der Waals surface area contributed by atoms with Gasteiger partial charge in [-0.05, 0) is 36.6 Å². The molecule has 3 aromatic carbocycles. The fourth-order valence-electron chi connectivity index (χ4n) is 4.07. The minimum atomic E-state index is -4.00. The summed E-state index contributed by atoms with van der Waals surface area (Å²) < 4.78 is 26.7. The van der Waals surface area contributed by atoms with Crippen molar-refractivity contribution in [2.45, 2.75) is 45.3 Å². The molecule has 40 heavy (non-hydrogen) atoms. The Morgan fingerprint density at radius 1 is 0.875 bits per heavy atom. The van der Waals surface area contributed by atoms with Crippen LogP contribution in [0.25, 0.3) is 0 Å². The molecule has 0 aliphatic carbocycles. The largest absolute Gasteiger partial charge is 0.352 e. The number of rotatable bonds is 12. The molecule has 0 aliphatic heterocycles. The molecule has 11 heteroatoms. The molecule has 0 radical (unpaired) electrons. The highest BCUT2D eigenvalue weighted by Gasteiger charge is 2.34. The van der Waals surface area contributed by atoms with Crippen LogP contribution < -0.4 is 9.62 Å². The Morgan fingerprint density at radius 3 is 1.98 bits per heavy atom. The molecule has 0 heterocycles. The Balaban J connectivity index is 2.08. The number of anilines is 1. The van der Waals surface area contributed by atoms with Crippen LogP contribution in [0, 0.1) is 0 Å². The molecule has 0 unspecified atom stereocenters. The second-order valence-electron chi connectivity index (χ2n) is 9.52. The molecule has 2 atom stereocenters. The van der Waals surface area contributed by atoms with Crippen molar-refractivity contribution in [1.82, 2.24) is 10.2 Å². The van der Waals surface area contributed by atoms with E-state index in [9.17, 15) is 18.0 Å². The first-order valence-electron chi connectivity index (χ1n) is 12.7. The molecule has 0 saturated carbocycles. The van der Waals surface area contributed by atoms with Crippen LogP contribution in [-0.4, -0.2) is 50.0 Å². The van der Waals surface area contributed by atoms with Gasteiger partial charge in [-0.1, -0.05) is 102 Å². The summed E-state index contributed by atoms with van der Waals surface area (Å²) in [7, 11) is -4.00. The number of nitrogens with one attached hydrogen (secondary N) is 1. The average molecular weight is 625 g/mol. The second-order valence-corrected chi connectivity index (χ2v) is 12.6. The van der Waals surface area contributed by atoms with E-state index in [1.807, 2.05) is 74.5 Å². The second kappa shape index (κ2) is 14.2. The molecule has 214 valence electrons. The van der Waals surface area contributed by atoms with E-state index in [1.54, 1.807) is 0 Å². The van der Waals surface area contributed by atoms with Gasteiger partial charge >= 0.3 is 0 Å². The Morgan fingerprint density at radius 2 is 1.43 bits per heavy atom. The summed E-state index contributed by atoms with van der Waals surface area (Å²) in [6.07, 6.45) is 1.90. The molecule has 2 amide bonds. The van der Waals surface area contributed by atoms with E-state index in [-0.39, 0.29) is 45.7 Å². The number of carbonyl (C=O) groups is 2. The van der Waals surface area contributed by atoms with Gasteiger partial charge in [-0.3, -0.25) is 13.9 Å². The van der Waals surface area contributed by atoms with E-state index >= 15 is 0 Å². The lowest BCUT2D eigenvalue weighted by molar-refractivity contribution is -0.140. The van der Waals surface area contributed by atoms with Gasteiger partial charge in [0.05, 0.1) is 27.0 Å². The van der Waals surface area contributed by atoms with Crippen molar-refractivity contribution in [3.05, 3.63) is 99.0 Å². The Bertz CT molecular complexity index is 1420. The van der Waals surface area contributed by atoms with Crippen molar-refractivity contribution in [3.8, 4) is 0 Å². The summed E-state index contributed by atoms with van der Waals surface area (Å²) in [5.74, 6) is -0.919. The van der Waals surface area contributed by atoms with E-state index in [1.165, 1.54) is 17.0 Å². The predicted octanol–water partition coefficient (Wildman–Crippen LogP) is 5.97. The fourth-order valence-corrected chi connectivity index (χ4v) is 5.62. The number of hydrogen-bond donors (Lipinski definition) is 1. The molecule has 3 aromatic rings. The third-order valence-corrected chi connectivity index (χ3v) is 8.56. The highest BCUT2D eigenvalue weighted by molar-refractivity contribution is 7.92. The van der Waals surface area contributed by atoms with E-state index in [0.29, 0.717) is 6.42 Å². The van der Waals surface area contributed by atoms with E-state index in [2.05, 4.69) is 5.32 Å². The topological polar surface area (TPSA) is 86.8 Å². The van der Waals surface area contributed by atoms with Gasteiger partial charge < -0.3 is 10.2 Å². The van der Waals surface area contributed by atoms with Gasteiger partial charge in [-0.25, -0.2) is 8.42 Å². The molecule has 0 spiro atoms. The molecular formula is C29H32Cl3N3O4S. The van der Waals surface area contributed by atoms with Crippen molar-refractivity contribution in [1.29, 1.82) is 0 Å². The summed E-state index contributed by atoms with van der Waals surface area (Å²) in [4.78, 5) is 29.1. The minimum Gasteiger partial charge on any atom is -0.352 e. The van der Waals surface area contributed by atoms with Crippen LogP contribution in [0.3, 0.4) is 0 Å². The number of hydrogen-bond acceptors (Lipinski definition) is 4. The van der Waals surface area contributed by atoms with Crippen LogP contribution in [0.2, 0.25) is 15.1 Å². The van der Waals surface area contributed by atoms with Crippen molar-refractivity contribution >= 4 is 62.3 Å². The molecule has 0 bridgehead atoms. The number of sulfonamides is 1. The zero-order valence-electron chi connectivity index (χ0n) is 22.5.